The molecule has 21 heavy (non-hydrogen) atoms. The number of rotatable bonds is 5. The summed E-state index contributed by atoms with van der Waals surface area (Å²) in [7, 11) is 0. The van der Waals surface area contributed by atoms with Crippen molar-refractivity contribution in [1.29, 1.82) is 0 Å². The zero-order chi connectivity index (χ0) is 15.2. The average molecular weight is 285 g/mol. The van der Waals surface area contributed by atoms with E-state index in [0.29, 0.717) is 11.4 Å². The standard InChI is InChI=1S/C16H15NO4/c1-11(18)17-14-4-2-3-5-15(14)21-10-12-6-8-13(9-7-12)16(19)20/h2-9H,10H2,1H3,(H,17,18)(H,19,20). The number of aromatic carboxylic acids is 1. The second kappa shape index (κ2) is 6.56. The number of nitrogens with one attached hydrogen (secondary N) is 1. The van der Waals surface area contributed by atoms with Crippen LogP contribution in [-0.4, -0.2) is 17.0 Å². The summed E-state index contributed by atoms with van der Waals surface area (Å²) < 4.78 is 5.66. The number of benzene rings is 2. The van der Waals surface area contributed by atoms with Crippen molar-refractivity contribution in [1.82, 2.24) is 0 Å². The van der Waals surface area contributed by atoms with Gasteiger partial charge in [-0.15, -0.1) is 0 Å². The van der Waals surface area contributed by atoms with Gasteiger partial charge >= 0.3 is 5.97 Å². The molecule has 0 bridgehead atoms. The molecule has 0 unspecified atom stereocenters. The van der Waals surface area contributed by atoms with E-state index < -0.39 is 5.97 Å². The number of hydrogen-bond donors (Lipinski definition) is 2. The van der Waals surface area contributed by atoms with Crippen molar-refractivity contribution in [3.05, 3.63) is 59.7 Å². The van der Waals surface area contributed by atoms with E-state index in [0.717, 1.165) is 5.56 Å². The maximum absolute atomic E-state index is 11.1. The van der Waals surface area contributed by atoms with E-state index in [9.17, 15) is 9.59 Å². The number of ether oxygens (including phenoxy) is 1. The second-order valence-corrected chi connectivity index (χ2v) is 4.47. The van der Waals surface area contributed by atoms with Gasteiger partial charge in [0.05, 0.1) is 11.3 Å². The minimum Gasteiger partial charge on any atom is -0.487 e. The van der Waals surface area contributed by atoms with Gasteiger partial charge in [0, 0.05) is 6.92 Å². The Morgan fingerprint density at radius 2 is 1.76 bits per heavy atom. The zero-order valence-corrected chi connectivity index (χ0v) is 11.5. The van der Waals surface area contributed by atoms with E-state index in [-0.39, 0.29) is 18.1 Å². The Bertz CT molecular complexity index is 650. The summed E-state index contributed by atoms with van der Waals surface area (Å²) in [6, 6.07) is 13.6. The summed E-state index contributed by atoms with van der Waals surface area (Å²) in [6.45, 7) is 1.72. The predicted octanol–water partition coefficient (Wildman–Crippen LogP) is 2.92. The molecule has 0 aromatic heterocycles. The SMILES string of the molecule is CC(=O)Nc1ccccc1OCc1ccc(C(=O)O)cc1. The van der Waals surface area contributed by atoms with Crippen LogP contribution in [0.1, 0.15) is 22.8 Å². The summed E-state index contributed by atoms with van der Waals surface area (Å²) in [4.78, 5) is 21.9. The van der Waals surface area contributed by atoms with Gasteiger partial charge in [0.2, 0.25) is 5.91 Å². The molecule has 0 spiro atoms. The van der Waals surface area contributed by atoms with Crippen LogP contribution in [0.3, 0.4) is 0 Å². The van der Waals surface area contributed by atoms with Gasteiger partial charge in [-0.25, -0.2) is 4.79 Å². The van der Waals surface area contributed by atoms with Crippen LogP contribution in [0.5, 0.6) is 5.75 Å². The molecule has 2 aromatic carbocycles. The lowest BCUT2D eigenvalue weighted by Crippen LogP contribution is -2.07. The molecule has 2 N–H and O–H groups in total. The molecule has 0 aliphatic heterocycles. The third-order valence-corrected chi connectivity index (χ3v) is 2.79. The van der Waals surface area contributed by atoms with Crippen LogP contribution in [0.4, 0.5) is 5.69 Å². The van der Waals surface area contributed by atoms with Crippen LogP contribution in [-0.2, 0) is 11.4 Å². The monoisotopic (exact) mass is 285 g/mol. The minimum absolute atomic E-state index is 0.170. The Hall–Kier alpha value is -2.82. The topological polar surface area (TPSA) is 75.6 Å². The van der Waals surface area contributed by atoms with Crippen molar-refractivity contribution in [2.45, 2.75) is 13.5 Å². The molecule has 0 fully saturated rings. The number of carbonyl (C=O) groups excluding carboxylic acids is 1. The van der Waals surface area contributed by atoms with Gasteiger partial charge in [-0.2, -0.15) is 0 Å². The summed E-state index contributed by atoms with van der Waals surface area (Å²) >= 11 is 0. The van der Waals surface area contributed by atoms with Crippen molar-refractivity contribution in [3.8, 4) is 5.75 Å². The van der Waals surface area contributed by atoms with E-state index in [2.05, 4.69) is 5.32 Å². The van der Waals surface area contributed by atoms with Crippen LogP contribution in [0.25, 0.3) is 0 Å². The van der Waals surface area contributed by atoms with Gasteiger partial charge in [-0.05, 0) is 29.8 Å². The molecule has 0 saturated heterocycles. The molecule has 0 atom stereocenters. The van der Waals surface area contributed by atoms with Crippen molar-refractivity contribution < 1.29 is 19.4 Å². The van der Waals surface area contributed by atoms with Gasteiger partial charge in [-0.3, -0.25) is 4.79 Å². The van der Waals surface area contributed by atoms with Gasteiger partial charge in [0.1, 0.15) is 12.4 Å². The van der Waals surface area contributed by atoms with E-state index in [1.807, 2.05) is 6.07 Å². The third kappa shape index (κ3) is 4.07. The molecular formula is C16H15NO4. The Morgan fingerprint density at radius 3 is 2.38 bits per heavy atom. The van der Waals surface area contributed by atoms with Crippen molar-refractivity contribution in [3.63, 3.8) is 0 Å². The molecule has 1 amide bonds. The largest absolute Gasteiger partial charge is 0.487 e. The maximum Gasteiger partial charge on any atom is 0.335 e. The Balaban J connectivity index is 2.06. The summed E-state index contributed by atoms with van der Waals surface area (Å²) in [5, 5.41) is 11.5. The molecule has 5 nitrogen and oxygen atoms in total. The number of carbonyl (C=O) groups is 2. The highest BCUT2D eigenvalue weighted by Gasteiger charge is 2.06. The molecular weight excluding hydrogens is 270 g/mol. The summed E-state index contributed by atoms with van der Waals surface area (Å²) in [6.07, 6.45) is 0. The molecule has 5 heteroatoms. The molecule has 108 valence electrons. The highest BCUT2D eigenvalue weighted by Crippen LogP contribution is 2.24. The van der Waals surface area contributed by atoms with Crippen LogP contribution in [0, 0.1) is 0 Å². The van der Waals surface area contributed by atoms with Crippen molar-refractivity contribution >= 4 is 17.6 Å². The summed E-state index contributed by atoms with van der Waals surface area (Å²) in [5.41, 5.74) is 1.68. The van der Waals surface area contributed by atoms with E-state index >= 15 is 0 Å². The number of carboxylic acid groups (broad SMARTS) is 1. The third-order valence-electron chi connectivity index (χ3n) is 2.79. The lowest BCUT2D eigenvalue weighted by Gasteiger charge is -2.11. The predicted molar refractivity (Wildman–Crippen MR) is 78.5 cm³/mol. The molecule has 2 aromatic rings. The molecule has 0 aliphatic rings. The summed E-state index contributed by atoms with van der Waals surface area (Å²) in [5.74, 6) is -0.564. The molecule has 0 radical (unpaired) electrons. The first kappa shape index (κ1) is 14.6. The maximum atomic E-state index is 11.1. The zero-order valence-electron chi connectivity index (χ0n) is 11.5. The fraction of sp³-hybridized carbons (Fsp3) is 0.125. The van der Waals surface area contributed by atoms with Gasteiger partial charge in [0.15, 0.2) is 0 Å². The van der Waals surface area contributed by atoms with Crippen molar-refractivity contribution in [2.24, 2.45) is 0 Å². The van der Waals surface area contributed by atoms with Gasteiger partial charge in [0.25, 0.3) is 0 Å². The van der Waals surface area contributed by atoms with Crippen LogP contribution >= 0.6 is 0 Å². The molecule has 0 heterocycles. The fourth-order valence-corrected chi connectivity index (χ4v) is 1.79. The Morgan fingerprint density at radius 1 is 1.10 bits per heavy atom. The van der Waals surface area contributed by atoms with Gasteiger partial charge in [-0.1, -0.05) is 24.3 Å². The Labute approximate surface area is 122 Å². The highest BCUT2D eigenvalue weighted by atomic mass is 16.5. The lowest BCUT2D eigenvalue weighted by atomic mass is 10.1. The number of carboxylic acids is 1. The smallest absolute Gasteiger partial charge is 0.335 e. The quantitative estimate of drug-likeness (QED) is 0.885. The number of amides is 1. The fourth-order valence-electron chi connectivity index (χ4n) is 1.79. The second-order valence-electron chi connectivity index (χ2n) is 4.47. The normalized spacial score (nSPS) is 9.95. The lowest BCUT2D eigenvalue weighted by molar-refractivity contribution is -0.114. The van der Waals surface area contributed by atoms with Crippen LogP contribution in [0.2, 0.25) is 0 Å². The van der Waals surface area contributed by atoms with E-state index in [1.54, 1.807) is 30.3 Å². The first-order valence-corrected chi connectivity index (χ1v) is 6.38. The molecule has 0 saturated carbocycles. The molecule has 0 aliphatic carbocycles. The Kier molecular flexibility index (Phi) is 4.56. The van der Waals surface area contributed by atoms with Gasteiger partial charge < -0.3 is 15.2 Å². The minimum atomic E-state index is -0.960. The van der Waals surface area contributed by atoms with Crippen molar-refractivity contribution in [2.75, 3.05) is 5.32 Å². The number of para-hydroxylation sites is 2. The van der Waals surface area contributed by atoms with Crippen LogP contribution in [0.15, 0.2) is 48.5 Å². The first-order chi connectivity index (χ1) is 10.1. The highest BCUT2D eigenvalue weighted by molar-refractivity contribution is 5.90. The van der Waals surface area contributed by atoms with E-state index in [4.69, 9.17) is 9.84 Å². The molecule has 2 rings (SSSR count). The average Bonchev–Trinajstić information content (AvgIpc) is 2.46. The van der Waals surface area contributed by atoms with Crippen LogP contribution < -0.4 is 10.1 Å². The number of hydrogen-bond acceptors (Lipinski definition) is 3. The first-order valence-electron chi connectivity index (χ1n) is 6.38. The number of anilines is 1. The van der Waals surface area contributed by atoms with E-state index in [1.165, 1.54) is 19.1 Å².